The average molecular weight is 474 g/mol. The van der Waals surface area contributed by atoms with E-state index in [9.17, 15) is 18.0 Å². The number of anilines is 1. The lowest BCUT2D eigenvalue weighted by atomic mass is 10.1. The van der Waals surface area contributed by atoms with Gasteiger partial charge in [-0.15, -0.1) is 5.10 Å². The van der Waals surface area contributed by atoms with Gasteiger partial charge in [-0.2, -0.15) is 18.3 Å². The van der Waals surface area contributed by atoms with E-state index in [0.717, 1.165) is 19.0 Å². The number of hydrogen-bond acceptors (Lipinski definition) is 5. The summed E-state index contributed by atoms with van der Waals surface area (Å²) in [5.41, 5.74) is -0.727. The Balaban J connectivity index is 1.46. The van der Waals surface area contributed by atoms with Crippen LogP contribution in [-0.2, 0) is 6.18 Å². The van der Waals surface area contributed by atoms with Crippen molar-refractivity contribution in [1.29, 1.82) is 0 Å². The van der Waals surface area contributed by atoms with E-state index in [1.165, 1.54) is 24.3 Å². The number of alkyl halides is 3. The van der Waals surface area contributed by atoms with E-state index < -0.39 is 23.3 Å². The van der Waals surface area contributed by atoms with Crippen molar-refractivity contribution in [2.24, 2.45) is 0 Å². The molecule has 1 N–H and O–H groups in total. The number of hydrogen-bond donors (Lipinski definition) is 1. The topological polar surface area (TPSA) is 90.5 Å². The number of nitrogens with one attached hydrogen (secondary N) is 1. The molecule has 0 aliphatic heterocycles. The molecule has 1 amide bonds. The zero-order valence-electron chi connectivity index (χ0n) is 16.8. The molecule has 1 aliphatic rings. The first kappa shape index (κ1) is 21.1. The molecule has 5 rings (SSSR count). The summed E-state index contributed by atoms with van der Waals surface area (Å²) >= 11 is 5.83. The largest absolute Gasteiger partial charge is 0.434 e. The molecule has 0 saturated heterocycles. The van der Waals surface area contributed by atoms with Crippen LogP contribution in [0.1, 0.15) is 34.9 Å². The van der Waals surface area contributed by atoms with E-state index in [0.29, 0.717) is 26.8 Å². The summed E-state index contributed by atoms with van der Waals surface area (Å²) in [5.74, 6) is -0.415. The van der Waals surface area contributed by atoms with Gasteiger partial charge in [0.1, 0.15) is 0 Å². The highest BCUT2D eigenvalue weighted by Gasteiger charge is 2.40. The zero-order chi connectivity index (χ0) is 23.2. The first-order valence-electron chi connectivity index (χ1n) is 9.92. The maximum atomic E-state index is 13.9. The minimum Gasteiger partial charge on any atom is -0.322 e. The lowest BCUT2D eigenvalue weighted by Crippen LogP contribution is -2.20. The smallest absolute Gasteiger partial charge is 0.322 e. The molecule has 4 aromatic rings. The normalized spacial score (nSPS) is 13.8. The van der Waals surface area contributed by atoms with Gasteiger partial charge < -0.3 is 5.32 Å². The Kier molecular flexibility index (Phi) is 5.12. The molecule has 2 aromatic carbocycles. The van der Waals surface area contributed by atoms with Crippen LogP contribution in [0.5, 0.6) is 0 Å². The molecule has 8 nitrogen and oxygen atoms in total. The molecule has 0 spiro atoms. The summed E-state index contributed by atoms with van der Waals surface area (Å²) in [4.78, 5) is 12.8. The van der Waals surface area contributed by atoms with Crippen molar-refractivity contribution in [2.75, 3.05) is 5.32 Å². The predicted molar refractivity (Wildman–Crippen MR) is 113 cm³/mol. The molecule has 33 heavy (non-hydrogen) atoms. The third-order valence-electron chi connectivity index (χ3n) is 5.12. The summed E-state index contributed by atoms with van der Waals surface area (Å²) in [7, 11) is 0. The third kappa shape index (κ3) is 4.19. The van der Waals surface area contributed by atoms with Crippen LogP contribution in [0.2, 0.25) is 5.02 Å². The number of carbonyl (C=O) groups is 1. The maximum absolute atomic E-state index is 13.9. The molecule has 1 fully saturated rings. The van der Waals surface area contributed by atoms with Gasteiger partial charge in [0.05, 0.1) is 23.5 Å². The Labute approximate surface area is 190 Å². The van der Waals surface area contributed by atoms with E-state index in [2.05, 4.69) is 25.9 Å². The minimum atomic E-state index is -4.82. The van der Waals surface area contributed by atoms with E-state index in [-0.39, 0.29) is 11.7 Å². The SMILES string of the molecule is O=C(Nc1cccc(-c2nnnn2C2CC2)c1)c1cnn(-c2ccc(Cl)cc2)c1C(F)(F)F. The Hall–Kier alpha value is -3.73. The third-order valence-corrected chi connectivity index (χ3v) is 5.37. The van der Waals surface area contributed by atoms with Gasteiger partial charge in [0.2, 0.25) is 0 Å². The van der Waals surface area contributed by atoms with E-state index in [1.54, 1.807) is 28.9 Å². The molecule has 0 bridgehead atoms. The molecular formula is C21H15ClF3N7O. The van der Waals surface area contributed by atoms with E-state index in [4.69, 9.17) is 11.6 Å². The number of rotatable bonds is 5. The van der Waals surface area contributed by atoms with Crippen molar-refractivity contribution < 1.29 is 18.0 Å². The molecule has 0 atom stereocenters. The molecule has 12 heteroatoms. The van der Waals surface area contributed by atoms with Gasteiger partial charge in [-0.05, 0) is 59.7 Å². The quantitative estimate of drug-likeness (QED) is 0.450. The van der Waals surface area contributed by atoms with Crippen molar-refractivity contribution in [2.45, 2.75) is 25.1 Å². The highest BCUT2D eigenvalue weighted by Crippen LogP contribution is 2.37. The number of tetrazole rings is 1. The van der Waals surface area contributed by atoms with Crippen molar-refractivity contribution in [3.05, 3.63) is 71.0 Å². The van der Waals surface area contributed by atoms with Gasteiger partial charge in [-0.25, -0.2) is 9.36 Å². The van der Waals surface area contributed by atoms with Crippen molar-refractivity contribution in [3.8, 4) is 17.1 Å². The number of amides is 1. The molecule has 2 aromatic heterocycles. The fraction of sp³-hybridized carbons (Fsp3) is 0.190. The highest BCUT2D eigenvalue weighted by molar-refractivity contribution is 6.30. The van der Waals surface area contributed by atoms with Crippen LogP contribution < -0.4 is 5.32 Å². The van der Waals surface area contributed by atoms with Gasteiger partial charge in [-0.3, -0.25) is 4.79 Å². The zero-order valence-corrected chi connectivity index (χ0v) is 17.5. The standard InChI is InChI=1S/C21H15ClF3N7O/c22-13-4-6-15(7-5-13)31-18(21(23,24)25)17(11-26-31)20(33)27-14-3-1-2-12(10-14)19-28-29-30-32(19)16-8-9-16/h1-7,10-11,16H,8-9H2,(H,27,33). The van der Waals surface area contributed by atoms with Crippen LogP contribution in [0.3, 0.4) is 0 Å². The summed E-state index contributed by atoms with van der Waals surface area (Å²) in [6.07, 6.45) is -1.97. The van der Waals surface area contributed by atoms with Crippen LogP contribution in [0.15, 0.2) is 54.7 Å². The van der Waals surface area contributed by atoms with Crippen molar-refractivity contribution >= 4 is 23.2 Å². The Morgan fingerprint density at radius 2 is 1.88 bits per heavy atom. The van der Waals surface area contributed by atoms with Crippen LogP contribution in [0, 0.1) is 0 Å². The van der Waals surface area contributed by atoms with E-state index >= 15 is 0 Å². The first-order chi connectivity index (χ1) is 15.8. The van der Waals surface area contributed by atoms with Crippen molar-refractivity contribution in [1.82, 2.24) is 30.0 Å². The van der Waals surface area contributed by atoms with E-state index in [1.807, 2.05) is 0 Å². The van der Waals surface area contributed by atoms with Gasteiger partial charge in [0, 0.05) is 16.3 Å². The Morgan fingerprint density at radius 1 is 1.12 bits per heavy atom. The summed E-state index contributed by atoms with van der Waals surface area (Å²) in [6.45, 7) is 0. The fourth-order valence-electron chi connectivity index (χ4n) is 3.45. The second kappa shape index (κ2) is 8.00. The molecule has 1 aliphatic carbocycles. The monoisotopic (exact) mass is 473 g/mol. The van der Waals surface area contributed by atoms with Gasteiger partial charge in [-0.1, -0.05) is 23.7 Å². The molecular weight excluding hydrogens is 459 g/mol. The summed E-state index contributed by atoms with van der Waals surface area (Å²) in [6, 6.07) is 12.5. The van der Waals surface area contributed by atoms with Gasteiger partial charge >= 0.3 is 6.18 Å². The minimum absolute atomic E-state index is 0.125. The molecule has 0 unspecified atom stereocenters. The molecule has 168 valence electrons. The molecule has 1 saturated carbocycles. The van der Waals surface area contributed by atoms with Crippen LogP contribution >= 0.6 is 11.6 Å². The number of carbonyl (C=O) groups excluding carboxylic acids is 1. The number of halogens is 4. The van der Waals surface area contributed by atoms with Crippen LogP contribution in [-0.4, -0.2) is 35.9 Å². The van der Waals surface area contributed by atoms with Gasteiger partial charge in [0.15, 0.2) is 11.5 Å². The van der Waals surface area contributed by atoms with Gasteiger partial charge in [0.25, 0.3) is 5.91 Å². The fourth-order valence-corrected chi connectivity index (χ4v) is 3.57. The summed E-state index contributed by atoms with van der Waals surface area (Å²) in [5, 5.41) is 18.4. The van der Waals surface area contributed by atoms with Crippen LogP contribution in [0.25, 0.3) is 17.1 Å². The number of benzene rings is 2. The molecule has 0 radical (unpaired) electrons. The maximum Gasteiger partial charge on any atom is 0.434 e. The first-order valence-corrected chi connectivity index (χ1v) is 10.3. The lowest BCUT2D eigenvalue weighted by molar-refractivity contribution is -0.143. The number of aromatic nitrogens is 6. The molecule has 2 heterocycles. The number of nitrogens with zero attached hydrogens (tertiary/aromatic N) is 6. The second-order valence-electron chi connectivity index (χ2n) is 7.51. The average Bonchev–Trinajstić information content (AvgIpc) is 3.32. The Morgan fingerprint density at radius 3 is 2.58 bits per heavy atom. The predicted octanol–water partition coefficient (Wildman–Crippen LogP) is 4.79. The Bertz CT molecular complexity index is 1330. The summed E-state index contributed by atoms with van der Waals surface area (Å²) < 4.78 is 44.1. The van der Waals surface area contributed by atoms with Crippen molar-refractivity contribution in [3.63, 3.8) is 0 Å². The second-order valence-corrected chi connectivity index (χ2v) is 7.94. The lowest BCUT2D eigenvalue weighted by Gasteiger charge is -2.13. The van der Waals surface area contributed by atoms with Crippen LogP contribution in [0.4, 0.5) is 18.9 Å². The highest BCUT2D eigenvalue weighted by atomic mass is 35.5.